The monoisotopic (exact) mass is 175 g/mol. The van der Waals surface area contributed by atoms with Gasteiger partial charge in [0.05, 0.1) is 0 Å². The molecule has 0 aliphatic rings. The molecule has 1 aromatic carbocycles. The lowest BCUT2D eigenvalue weighted by atomic mass is 9.80. The van der Waals surface area contributed by atoms with Gasteiger partial charge in [-0.25, -0.2) is 0 Å². The zero-order valence-corrected chi connectivity index (χ0v) is 9.04. The molecule has 0 aliphatic heterocycles. The summed E-state index contributed by atoms with van der Waals surface area (Å²) in [7, 11) is 0. The van der Waals surface area contributed by atoms with Crippen LogP contribution in [-0.4, -0.2) is 0 Å². The average Bonchev–Trinajstić information content (AvgIpc) is 2.04. The van der Waals surface area contributed by atoms with Crippen LogP contribution in [0.1, 0.15) is 39.2 Å². The molecule has 0 saturated heterocycles. The first-order valence-corrected chi connectivity index (χ1v) is 4.98. The van der Waals surface area contributed by atoms with Crippen molar-refractivity contribution >= 4 is 0 Å². The third kappa shape index (κ3) is 2.58. The maximum atomic E-state index is 2.28. The normalized spacial score (nSPS) is 11.6. The summed E-state index contributed by atoms with van der Waals surface area (Å²) in [4.78, 5) is 0. The van der Waals surface area contributed by atoms with Crippen molar-refractivity contribution in [2.45, 2.75) is 33.6 Å². The van der Waals surface area contributed by atoms with Crippen LogP contribution in [0.2, 0.25) is 0 Å². The smallest absolute Gasteiger partial charge is 0.00822 e. The fraction of sp³-hybridized carbons (Fsp3) is 0.462. The lowest BCUT2D eigenvalue weighted by Crippen LogP contribution is -2.11. The van der Waals surface area contributed by atoms with Crippen molar-refractivity contribution in [2.24, 2.45) is 5.92 Å². The Morgan fingerprint density at radius 1 is 1.00 bits per heavy atom. The zero-order valence-electron chi connectivity index (χ0n) is 9.04. The molecular formula is C13H19. The van der Waals surface area contributed by atoms with Gasteiger partial charge >= 0.3 is 0 Å². The molecule has 0 aliphatic carbocycles. The highest BCUT2D eigenvalue weighted by Gasteiger charge is 2.19. The summed E-state index contributed by atoms with van der Waals surface area (Å²) in [5, 5.41) is 0. The van der Waals surface area contributed by atoms with Gasteiger partial charge in [-0.15, -0.1) is 0 Å². The van der Waals surface area contributed by atoms with Crippen LogP contribution in [0.25, 0.3) is 0 Å². The van der Waals surface area contributed by atoms with Gasteiger partial charge in [0, 0.05) is 0 Å². The SMILES string of the molecule is C[C](C)C(c1ccccc1)C(C)C. The van der Waals surface area contributed by atoms with Crippen LogP contribution in [0.15, 0.2) is 30.3 Å². The minimum Gasteiger partial charge on any atom is -0.0622 e. The Balaban J connectivity index is 2.89. The Kier molecular flexibility index (Phi) is 3.53. The predicted molar refractivity (Wildman–Crippen MR) is 58.6 cm³/mol. The van der Waals surface area contributed by atoms with E-state index in [2.05, 4.69) is 58.0 Å². The van der Waals surface area contributed by atoms with E-state index in [4.69, 9.17) is 0 Å². The minimum atomic E-state index is 0.612. The van der Waals surface area contributed by atoms with Gasteiger partial charge in [-0.05, 0) is 23.3 Å². The molecule has 0 N–H and O–H groups in total. The number of benzene rings is 1. The Bertz CT molecular complexity index is 225. The van der Waals surface area contributed by atoms with Crippen LogP contribution in [0, 0.1) is 11.8 Å². The zero-order chi connectivity index (χ0) is 9.84. The van der Waals surface area contributed by atoms with E-state index < -0.39 is 0 Å². The van der Waals surface area contributed by atoms with Crippen LogP contribution >= 0.6 is 0 Å². The van der Waals surface area contributed by atoms with Gasteiger partial charge in [0.1, 0.15) is 0 Å². The lowest BCUT2D eigenvalue weighted by molar-refractivity contribution is 0.512. The Morgan fingerprint density at radius 2 is 1.54 bits per heavy atom. The largest absolute Gasteiger partial charge is 0.0622 e. The van der Waals surface area contributed by atoms with E-state index in [0.717, 1.165) is 0 Å². The molecule has 13 heavy (non-hydrogen) atoms. The number of hydrogen-bond donors (Lipinski definition) is 0. The first-order valence-electron chi connectivity index (χ1n) is 4.98. The molecule has 1 unspecified atom stereocenters. The molecule has 1 atom stereocenters. The second kappa shape index (κ2) is 4.45. The second-order valence-electron chi connectivity index (χ2n) is 4.21. The van der Waals surface area contributed by atoms with Crippen molar-refractivity contribution < 1.29 is 0 Å². The molecule has 1 radical (unpaired) electrons. The summed E-state index contributed by atoms with van der Waals surface area (Å²) >= 11 is 0. The molecular weight excluding hydrogens is 156 g/mol. The summed E-state index contributed by atoms with van der Waals surface area (Å²) in [5.41, 5.74) is 1.44. The van der Waals surface area contributed by atoms with E-state index in [9.17, 15) is 0 Å². The molecule has 0 amide bonds. The van der Waals surface area contributed by atoms with Crippen LogP contribution in [0.3, 0.4) is 0 Å². The van der Waals surface area contributed by atoms with Gasteiger partial charge in [0.15, 0.2) is 0 Å². The third-order valence-electron chi connectivity index (χ3n) is 2.45. The van der Waals surface area contributed by atoms with Crippen LogP contribution in [0.5, 0.6) is 0 Å². The van der Waals surface area contributed by atoms with Crippen LogP contribution in [0.4, 0.5) is 0 Å². The summed E-state index contributed by atoms with van der Waals surface area (Å²) < 4.78 is 0. The standard InChI is InChI=1S/C13H19/c1-10(2)13(11(3)4)12-8-6-5-7-9-12/h5-10,13H,1-4H3. The van der Waals surface area contributed by atoms with E-state index in [1.807, 2.05) is 0 Å². The van der Waals surface area contributed by atoms with Gasteiger partial charge < -0.3 is 0 Å². The molecule has 0 aromatic heterocycles. The summed E-state index contributed by atoms with van der Waals surface area (Å²) in [6.45, 7) is 9.00. The Labute approximate surface area is 82.0 Å². The Hall–Kier alpha value is -0.780. The fourth-order valence-electron chi connectivity index (χ4n) is 2.05. The van der Waals surface area contributed by atoms with Gasteiger partial charge in [-0.1, -0.05) is 58.0 Å². The quantitative estimate of drug-likeness (QED) is 0.650. The molecule has 1 rings (SSSR count). The van der Waals surface area contributed by atoms with E-state index >= 15 is 0 Å². The summed E-state index contributed by atoms with van der Waals surface area (Å²) in [6.07, 6.45) is 0. The average molecular weight is 175 g/mol. The van der Waals surface area contributed by atoms with Crippen molar-refractivity contribution in [1.29, 1.82) is 0 Å². The molecule has 1 aromatic rings. The van der Waals surface area contributed by atoms with Crippen LogP contribution in [-0.2, 0) is 0 Å². The number of rotatable bonds is 3. The van der Waals surface area contributed by atoms with Crippen molar-refractivity contribution in [3.63, 3.8) is 0 Å². The van der Waals surface area contributed by atoms with Gasteiger partial charge in [0.2, 0.25) is 0 Å². The van der Waals surface area contributed by atoms with E-state index in [1.54, 1.807) is 0 Å². The molecule has 0 spiro atoms. The van der Waals surface area contributed by atoms with Crippen molar-refractivity contribution in [3.8, 4) is 0 Å². The van der Waals surface area contributed by atoms with E-state index in [-0.39, 0.29) is 0 Å². The summed E-state index contributed by atoms with van der Waals surface area (Å²) in [6, 6.07) is 10.8. The maximum Gasteiger partial charge on any atom is -0.00822 e. The summed E-state index contributed by atoms with van der Waals surface area (Å²) in [5.74, 6) is 2.80. The number of hydrogen-bond acceptors (Lipinski definition) is 0. The van der Waals surface area contributed by atoms with Crippen molar-refractivity contribution in [2.75, 3.05) is 0 Å². The molecule has 0 heteroatoms. The molecule has 0 fully saturated rings. The lowest BCUT2D eigenvalue weighted by Gasteiger charge is -2.24. The first-order chi connectivity index (χ1) is 6.13. The first kappa shape index (κ1) is 10.3. The highest BCUT2D eigenvalue weighted by Crippen LogP contribution is 2.32. The molecule has 0 bridgehead atoms. The van der Waals surface area contributed by atoms with Crippen molar-refractivity contribution in [3.05, 3.63) is 41.8 Å². The topological polar surface area (TPSA) is 0 Å². The Morgan fingerprint density at radius 3 is 1.92 bits per heavy atom. The maximum absolute atomic E-state index is 2.28. The van der Waals surface area contributed by atoms with Crippen molar-refractivity contribution in [1.82, 2.24) is 0 Å². The third-order valence-corrected chi connectivity index (χ3v) is 2.45. The molecule has 0 saturated carbocycles. The van der Waals surface area contributed by atoms with E-state index in [0.29, 0.717) is 11.8 Å². The molecule has 0 nitrogen and oxygen atoms in total. The van der Waals surface area contributed by atoms with Crippen LogP contribution < -0.4 is 0 Å². The molecule has 0 heterocycles. The molecule has 71 valence electrons. The van der Waals surface area contributed by atoms with Gasteiger partial charge in [0.25, 0.3) is 0 Å². The highest BCUT2D eigenvalue weighted by atomic mass is 14.2. The fourth-order valence-corrected chi connectivity index (χ4v) is 2.05. The van der Waals surface area contributed by atoms with Gasteiger partial charge in [-0.2, -0.15) is 0 Å². The predicted octanol–water partition coefficient (Wildman–Crippen LogP) is 4.04. The second-order valence-corrected chi connectivity index (χ2v) is 4.21. The van der Waals surface area contributed by atoms with E-state index in [1.165, 1.54) is 11.5 Å². The van der Waals surface area contributed by atoms with Gasteiger partial charge in [-0.3, -0.25) is 0 Å². The highest BCUT2D eigenvalue weighted by molar-refractivity contribution is 5.25. The minimum absolute atomic E-state index is 0.612.